The molecule has 1 aromatic heterocycles. The van der Waals surface area contributed by atoms with Gasteiger partial charge >= 0.3 is 0 Å². The number of carbonyl (C=O) groups excluding carboxylic acids is 2. The van der Waals surface area contributed by atoms with Crippen LogP contribution in [0.5, 0.6) is 0 Å². The first-order valence-electron chi connectivity index (χ1n) is 8.66. The highest BCUT2D eigenvalue weighted by atomic mass is 16.3. The van der Waals surface area contributed by atoms with Gasteiger partial charge in [0.25, 0.3) is 5.91 Å². The number of carbonyl (C=O) groups is 2. The molecule has 2 heterocycles. The minimum Gasteiger partial charge on any atom is -0.469 e. The van der Waals surface area contributed by atoms with E-state index in [4.69, 9.17) is 4.42 Å². The Morgan fingerprint density at radius 3 is 2.60 bits per heavy atom. The van der Waals surface area contributed by atoms with Crippen molar-refractivity contribution in [1.82, 2.24) is 9.80 Å². The lowest BCUT2D eigenvalue weighted by Gasteiger charge is -2.16. The van der Waals surface area contributed by atoms with Crippen molar-refractivity contribution >= 4 is 11.8 Å². The Morgan fingerprint density at radius 1 is 1.20 bits per heavy atom. The molecule has 2 amide bonds. The predicted molar refractivity (Wildman–Crippen MR) is 95.4 cm³/mol. The molecule has 5 nitrogen and oxygen atoms in total. The molecule has 0 saturated carbocycles. The van der Waals surface area contributed by atoms with E-state index in [1.54, 1.807) is 25.3 Å². The van der Waals surface area contributed by atoms with Gasteiger partial charge in [0.2, 0.25) is 5.91 Å². The highest BCUT2D eigenvalue weighted by Crippen LogP contribution is 2.27. The minimum atomic E-state index is -0.0105. The fourth-order valence-electron chi connectivity index (χ4n) is 3.22. The second kappa shape index (κ2) is 7.55. The van der Waals surface area contributed by atoms with E-state index in [1.807, 2.05) is 41.3 Å². The Bertz CT molecular complexity index is 720. The number of likely N-dealkylation sites (tertiary alicyclic amines) is 1. The van der Waals surface area contributed by atoms with Crippen LogP contribution < -0.4 is 0 Å². The van der Waals surface area contributed by atoms with Gasteiger partial charge in [-0.15, -0.1) is 0 Å². The number of hydrogen-bond donors (Lipinski definition) is 0. The molecule has 0 radical (unpaired) electrons. The molecule has 1 saturated heterocycles. The van der Waals surface area contributed by atoms with Gasteiger partial charge in [0, 0.05) is 45.1 Å². The van der Waals surface area contributed by atoms with Crippen molar-refractivity contribution in [3.8, 4) is 0 Å². The van der Waals surface area contributed by atoms with E-state index in [0.717, 1.165) is 30.8 Å². The quantitative estimate of drug-likeness (QED) is 0.841. The fraction of sp³-hybridized carbons (Fsp3) is 0.400. The first kappa shape index (κ1) is 17.3. The molecule has 132 valence electrons. The van der Waals surface area contributed by atoms with E-state index in [0.29, 0.717) is 24.3 Å². The maximum absolute atomic E-state index is 12.4. The zero-order chi connectivity index (χ0) is 17.8. The van der Waals surface area contributed by atoms with Crippen molar-refractivity contribution in [1.29, 1.82) is 0 Å². The smallest absolute Gasteiger partial charge is 0.253 e. The molecule has 0 N–H and O–H groups in total. The summed E-state index contributed by atoms with van der Waals surface area (Å²) in [4.78, 5) is 27.8. The molecular weight excluding hydrogens is 316 g/mol. The van der Waals surface area contributed by atoms with Crippen LogP contribution in [-0.2, 0) is 11.2 Å². The van der Waals surface area contributed by atoms with Crippen molar-refractivity contribution in [3.63, 3.8) is 0 Å². The third kappa shape index (κ3) is 4.10. The average Bonchev–Trinajstić information content (AvgIpc) is 3.30. The fourth-order valence-corrected chi connectivity index (χ4v) is 3.22. The van der Waals surface area contributed by atoms with Crippen molar-refractivity contribution in [2.75, 3.05) is 27.2 Å². The maximum atomic E-state index is 12.4. The summed E-state index contributed by atoms with van der Waals surface area (Å²) in [5.41, 5.74) is 1.74. The van der Waals surface area contributed by atoms with Gasteiger partial charge in [-0.2, -0.15) is 0 Å². The number of hydrogen-bond acceptors (Lipinski definition) is 3. The summed E-state index contributed by atoms with van der Waals surface area (Å²) < 4.78 is 5.45. The molecule has 0 spiro atoms. The van der Waals surface area contributed by atoms with Crippen LogP contribution in [0.15, 0.2) is 47.1 Å². The topological polar surface area (TPSA) is 53.8 Å². The molecular formula is C20H24N2O3. The highest BCUT2D eigenvalue weighted by Gasteiger charge is 2.28. The van der Waals surface area contributed by atoms with Gasteiger partial charge in [0.15, 0.2) is 0 Å². The van der Waals surface area contributed by atoms with Crippen LogP contribution in [0.4, 0.5) is 0 Å². The molecule has 1 aliphatic heterocycles. The van der Waals surface area contributed by atoms with E-state index in [-0.39, 0.29) is 11.8 Å². The normalized spacial score (nSPS) is 16.9. The lowest BCUT2D eigenvalue weighted by Crippen LogP contribution is -2.28. The number of benzene rings is 1. The van der Waals surface area contributed by atoms with Gasteiger partial charge in [-0.25, -0.2) is 0 Å². The number of amides is 2. The largest absolute Gasteiger partial charge is 0.469 e. The number of furan rings is 1. The Labute approximate surface area is 148 Å². The van der Waals surface area contributed by atoms with Crippen LogP contribution >= 0.6 is 0 Å². The van der Waals surface area contributed by atoms with Gasteiger partial charge < -0.3 is 14.2 Å². The molecule has 1 aliphatic rings. The molecule has 25 heavy (non-hydrogen) atoms. The first-order chi connectivity index (χ1) is 12.0. The predicted octanol–water partition coefficient (Wildman–Crippen LogP) is 2.93. The van der Waals surface area contributed by atoms with E-state index in [2.05, 4.69) is 0 Å². The Kier molecular flexibility index (Phi) is 5.22. The third-order valence-corrected chi connectivity index (χ3v) is 4.72. The van der Waals surface area contributed by atoms with Crippen molar-refractivity contribution in [3.05, 3.63) is 59.5 Å². The zero-order valence-electron chi connectivity index (χ0n) is 14.8. The molecule has 2 aromatic rings. The Morgan fingerprint density at radius 2 is 1.96 bits per heavy atom. The molecule has 0 aliphatic carbocycles. The lowest BCUT2D eigenvalue weighted by molar-refractivity contribution is -0.130. The molecule has 5 heteroatoms. The summed E-state index contributed by atoms with van der Waals surface area (Å²) in [7, 11) is 3.47. The van der Waals surface area contributed by atoms with Gasteiger partial charge in [0.1, 0.15) is 5.76 Å². The van der Waals surface area contributed by atoms with E-state index in [1.165, 1.54) is 0 Å². The minimum absolute atomic E-state index is 0.0105. The van der Waals surface area contributed by atoms with Crippen LogP contribution in [0.2, 0.25) is 0 Å². The second-order valence-corrected chi connectivity index (χ2v) is 6.74. The molecule has 1 unspecified atom stereocenters. The lowest BCUT2D eigenvalue weighted by atomic mass is 10.1. The first-order valence-corrected chi connectivity index (χ1v) is 8.66. The molecule has 1 aromatic carbocycles. The highest BCUT2D eigenvalue weighted by molar-refractivity contribution is 5.93. The van der Waals surface area contributed by atoms with Crippen LogP contribution in [-0.4, -0.2) is 48.8 Å². The second-order valence-electron chi connectivity index (χ2n) is 6.74. The van der Waals surface area contributed by atoms with Crippen LogP contribution in [0.3, 0.4) is 0 Å². The van der Waals surface area contributed by atoms with E-state index >= 15 is 0 Å². The van der Waals surface area contributed by atoms with Crippen molar-refractivity contribution in [2.45, 2.75) is 25.2 Å². The van der Waals surface area contributed by atoms with Gasteiger partial charge in [0.05, 0.1) is 6.26 Å². The number of rotatable bonds is 5. The van der Waals surface area contributed by atoms with Gasteiger partial charge in [-0.3, -0.25) is 9.59 Å². The number of nitrogens with zero attached hydrogens (tertiary/aromatic N) is 2. The zero-order valence-corrected chi connectivity index (χ0v) is 14.8. The molecule has 1 atom stereocenters. The van der Waals surface area contributed by atoms with E-state index in [9.17, 15) is 9.59 Å². The molecule has 1 fully saturated rings. The molecule has 3 rings (SSSR count). The van der Waals surface area contributed by atoms with Crippen molar-refractivity contribution in [2.24, 2.45) is 0 Å². The van der Waals surface area contributed by atoms with E-state index < -0.39 is 0 Å². The Hall–Kier alpha value is -2.56. The average molecular weight is 340 g/mol. The van der Waals surface area contributed by atoms with Gasteiger partial charge in [-0.05, 0) is 42.7 Å². The van der Waals surface area contributed by atoms with Crippen LogP contribution in [0.1, 0.15) is 40.4 Å². The standard InChI is InChI=1S/C20H24N2O3/c1-21(2)20(24)16-8-5-15(6-9-16)7-10-19(23)22-12-11-17(14-22)18-4-3-13-25-18/h3-6,8-9,13,17H,7,10-12,14H2,1-2H3. The third-order valence-electron chi connectivity index (χ3n) is 4.72. The van der Waals surface area contributed by atoms with Crippen LogP contribution in [0.25, 0.3) is 0 Å². The van der Waals surface area contributed by atoms with Gasteiger partial charge in [-0.1, -0.05) is 12.1 Å². The maximum Gasteiger partial charge on any atom is 0.253 e. The summed E-state index contributed by atoms with van der Waals surface area (Å²) in [5.74, 6) is 1.46. The summed E-state index contributed by atoms with van der Waals surface area (Å²) in [6.45, 7) is 1.53. The molecule has 0 bridgehead atoms. The summed E-state index contributed by atoms with van der Waals surface area (Å²) >= 11 is 0. The Balaban J connectivity index is 1.50. The number of aryl methyl sites for hydroxylation is 1. The summed E-state index contributed by atoms with van der Waals surface area (Å²) in [6.07, 6.45) is 3.83. The SMILES string of the molecule is CN(C)C(=O)c1ccc(CCC(=O)N2CCC(c3ccco3)C2)cc1. The monoisotopic (exact) mass is 340 g/mol. The van der Waals surface area contributed by atoms with Crippen molar-refractivity contribution < 1.29 is 14.0 Å². The summed E-state index contributed by atoms with van der Waals surface area (Å²) in [6, 6.07) is 11.4. The summed E-state index contributed by atoms with van der Waals surface area (Å²) in [5, 5.41) is 0. The van der Waals surface area contributed by atoms with Crippen LogP contribution in [0, 0.1) is 0 Å².